The van der Waals surface area contributed by atoms with E-state index in [1.165, 1.54) is 77.0 Å². The Bertz CT molecular complexity index is 161. The third-order valence-electron chi connectivity index (χ3n) is 3.91. The largest absolute Gasteiger partial charge is 0.392 e. The maximum absolute atomic E-state index is 9.31. The maximum atomic E-state index is 9.31. The van der Waals surface area contributed by atoms with Crippen LogP contribution in [0.4, 0.5) is 0 Å². The fourth-order valence-corrected chi connectivity index (χ4v) is 2.52. The van der Waals surface area contributed by atoms with E-state index in [4.69, 9.17) is 5.73 Å². The van der Waals surface area contributed by atoms with Crippen LogP contribution in [-0.2, 0) is 0 Å². The van der Waals surface area contributed by atoms with E-state index in [2.05, 4.69) is 6.92 Å². The molecule has 0 aromatic carbocycles. The van der Waals surface area contributed by atoms with Crippen LogP contribution in [0.25, 0.3) is 0 Å². The molecule has 0 heterocycles. The number of hydrogen-bond donors (Lipinski definition) is 2. The molecule has 0 fully saturated rings. The molecule has 1 atom stereocenters. The highest BCUT2D eigenvalue weighted by molar-refractivity contribution is 4.56. The SMILES string of the molecule is CCCCCCCCCCCCCCC[C@@H](O)CN. The molecule has 0 aromatic rings. The molecule has 3 N–H and O–H groups in total. The van der Waals surface area contributed by atoms with Crippen molar-refractivity contribution in [1.29, 1.82) is 0 Å². The van der Waals surface area contributed by atoms with Gasteiger partial charge in [-0.05, 0) is 6.42 Å². The summed E-state index contributed by atoms with van der Waals surface area (Å²) >= 11 is 0. The van der Waals surface area contributed by atoms with Crippen LogP contribution in [0.5, 0.6) is 0 Å². The van der Waals surface area contributed by atoms with Gasteiger partial charge < -0.3 is 10.8 Å². The molecule has 0 bridgehead atoms. The van der Waals surface area contributed by atoms with Crippen LogP contribution >= 0.6 is 0 Å². The van der Waals surface area contributed by atoms with Gasteiger partial charge in [0.1, 0.15) is 0 Å². The first kappa shape index (κ1) is 18.9. The van der Waals surface area contributed by atoms with Crippen molar-refractivity contribution in [3.8, 4) is 0 Å². The average Bonchev–Trinajstić information content (AvgIpc) is 2.43. The minimum absolute atomic E-state index is 0.271. The number of aliphatic hydroxyl groups excluding tert-OH is 1. The van der Waals surface area contributed by atoms with Crippen LogP contribution in [0.15, 0.2) is 0 Å². The van der Waals surface area contributed by atoms with Gasteiger partial charge in [0.2, 0.25) is 0 Å². The third-order valence-corrected chi connectivity index (χ3v) is 3.91. The van der Waals surface area contributed by atoms with Crippen molar-refractivity contribution in [2.75, 3.05) is 6.54 Å². The minimum atomic E-state index is -0.271. The Morgan fingerprint density at radius 2 is 1.05 bits per heavy atom. The molecule has 2 nitrogen and oxygen atoms in total. The van der Waals surface area contributed by atoms with Gasteiger partial charge in [-0.15, -0.1) is 0 Å². The second-order valence-corrected chi connectivity index (χ2v) is 5.92. The van der Waals surface area contributed by atoms with Crippen molar-refractivity contribution in [1.82, 2.24) is 0 Å². The van der Waals surface area contributed by atoms with Crippen molar-refractivity contribution in [3.05, 3.63) is 0 Å². The molecule has 0 rings (SSSR count). The van der Waals surface area contributed by atoms with Gasteiger partial charge in [0.25, 0.3) is 0 Å². The van der Waals surface area contributed by atoms with E-state index in [0.29, 0.717) is 6.54 Å². The molecule has 0 radical (unpaired) electrons. The molecule has 0 aromatic heterocycles. The Hall–Kier alpha value is -0.0800. The average molecular weight is 271 g/mol. The number of hydrogen-bond acceptors (Lipinski definition) is 2. The molecule has 0 aliphatic heterocycles. The lowest BCUT2D eigenvalue weighted by Gasteiger charge is -2.06. The molecule has 2 heteroatoms. The molecule has 0 saturated carbocycles. The van der Waals surface area contributed by atoms with Gasteiger partial charge in [0.15, 0.2) is 0 Å². The molecular weight excluding hydrogens is 234 g/mol. The van der Waals surface area contributed by atoms with Crippen LogP contribution in [0.1, 0.15) is 96.8 Å². The first-order chi connectivity index (χ1) is 9.31. The van der Waals surface area contributed by atoms with Gasteiger partial charge in [0, 0.05) is 6.54 Å². The molecule has 0 saturated heterocycles. The smallest absolute Gasteiger partial charge is 0.0662 e. The van der Waals surface area contributed by atoms with Gasteiger partial charge in [0.05, 0.1) is 6.10 Å². The summed E-state index contributed by atoms with van der Waals surface area (Å²) in [5.74, 6) is 0. The zero-order valence-corrected chi connectivity index (χ0v) is 13.2. The van der Waals surface area contributed by atoms with Gasteiger partial charge >= 0.3 is 0 Å². The quantitative estimate of drug-likeness (QED) is 0.421. The predicted molar refractivity (Wildman–Crippen MR) is 85.4 cm³/mol. The third kappa shape index (κ3) is 15.9. The van der Waals surface area contributed by atoms with Gasteiger partial charge in [-0.1, -0.05) is 90.4 Å². The highest BCUT2D eigenvalue weighted by atomic mass is 16.3. The summed E-state index contributed by atoms with van der Waals surface area (Å²) in [6, 6.07) is 0. The summed E-state index contributed by atoms with van der Waals surface area (Å²) in [5, 5.41) is 9.31. The molecule has 19 heavy (non-hydrogen) atoms. The standard InChI is InChI=1S/C17H37NO/c1-2-3-4-5-6-7-8-9-10-11-12-13-14-15-17(19)16-18/h17,19H,2-16,18H2,1H3/t17-/m1/s1. The second-order valence-electron chi connectivity index (χ2n) is 5.92. The number of rotatable bonds is 15. The zero-order valence-electron chi connectivity index (χ0n) is 13.2. The maximum Gasteiger partial charge on any atom is 0.0662 e. The van der Waals surface area contributed by atoms with E-state index >= 15 is 0 Å². The van der Waals surface area contributed by atoms with E-state index in [-0.39, 0.29) is 6.10 Å². The second kappa shape index (κ2) is 16.0. The van der Waals surface area contributed by atoms with E-state index < -0.39 is 0 Å². The van der Waals surface area contributed by atoms with E-state index in [0.717, 1.165) is 12.8 Å². The molecule has 0 aliphatic carbocycles. The minimum Gasteiger partial charge on any atom is -0.392 e. The molecule has 0 spiro atoms. The molecule has 0 amide bonds. The normalized spacial score (nSPS) is 12.8. The lowest BCUT2D eigenvalue weighted by molar-refractivity contribution is 0.168. The van der Waals surface area contributed by atoms with E-state index in [9.17, 15) is 5.11 Å². The zero-order chi connectivity index (χ0) is 14.2. The number of nitrogens with two attached hydrogens (primary N) is 1. The van der Waals surface area contributed by atoms with Crippen molar-refractivity contribution in [2.45, 2.75) is 103 Å². The lowest BCUT2D eigenvalue weighted by Crippen LogP contribution is -2.19. The van der Waals surface area contributed by atoms with Gasteiger partial charge in [-0.25, -0.2) is 0 Å². The molecule has 0 unspecified atom stereocenters. The Morgan fingerprint density at radius 3 is 1.42 bits per heavy atom. The summed E-state index contributed by atoms with van der Waals surface area (Å²) in [7, 11) is 0. The van der Waals surface area contributed by atoms with Crippen molar-refractivity contribution in [2.24, 2.45) is 5.73 Å². The molecular formula is C17H37NO. The lowest BCUT2D eigenvalue weighted by atomic mass is 10.0. The van der Waals surface area contributed by atoms with Crippen LogP contribution in [0.2, 0.25) is 0 Å². The van der Waals surface area contributed by atoms with E-state index in [1.807, 2.05) is 0 Å². The van der Waals surface area contributed by atoms with Gasteiger partial charge in [-0.2, -0.15) is 0 Å². The van der Waals surface area contributed by atoms with E-state index in [1.54, 1.807) is 0 Å². The Balaban J connectivity index is 2.95. The van der Waals surface area contributed by atoms with Crippen molar-refractivity contribution in [3.63, 3.8) is 0 Å². The first-order valence-corrected chi connectivity index (χ1v) is 8.69. The van der Waals surface area contributed by atoms with Crippen LogP contribution in [0, 0.1) is 0 Å². The predicted octanol–water partition coefficient (Wildman–Crippen LogP) is 4.79. The Morgan fingerprint density at radius 1 is 0.684 bits per heavy atom. The summed E-state index contributed by atoms with van der Waals surface area (Å²) in [4.78, 5) is 0. The van der Waals surface area contributed by atoms with Crippen molar-refractivity contribution >= 4 is 0 Å². The first-order valence-electron chi connectivity index (χ1n) is 8.69. The van der Waals surface area contributed by atoms with Gasteiger partial charge in [-0.3, -0.25) is 0 Å². The summed E-state index contributed by atoms with van der Waals surface area (Å²) in [5.41, 5.74) is 5.37. The topological polar surface area (TPSA) is 46.2 Å². The fraction of sp³-hybridized carbons (Fsp3) is 1.00. The number of aliphatic hydroxyl groups is 1. The molecule has 116 valence electrons. The van der Waals surface area contributed by atoms with Crippen LogP contribution < -0.4 is 5.73 Å². The Kier molecular flexibility index (Phi) is 15.9. The Labute approximate surface area is 121 Å². The summed E-state index contributed by atoms with van der Waals surface area (Å²) in [6.07, 6.45) is 18.5. The summed E-state index contributed by atoms with van der Waals surface area (Å²) < 4.78 is 0. The van der Waals surface area contributed by atoms with Crippen molar-refractivity contribution < 1.29 is 5.11 Å². The molecule has 0 aliphatic rings. The summed E-state index contributed by atoms with van der Waals surface area (Å²) in [6.45, 7) is 2.69. The highest BCUT2D eigenvalue weighted by Gasteiger charge is 1.99. The van der Waals surface area contributed by atoms with Crippen LogP contribution in [0.3, 0.4) is 0 Å². The monoisotopic (exact) mass is 271 g/mol. The fourth-order valence-electron chi connectivity index (χ4n) is 2.52. The number of unbranched alkanes of at least 4 members (excludes halogenated alkanes) is 12. The van der Waals surface area contributed by atoms with Crippen LogP contribution in [-0.4, -0.2) is 17.8 Å². The highest BCUT2D eigenvalue weighted by Crippen LogP contribution is 2.13.